The number of nitrogens with zero attached hydrogens (tertiary/aromatic N) is 3. The molecule has 2 N–H and O–H groups in total. The Bertz CT molecular complexity index is 256. The number of hydrogen-bond acceptors (Lipinski definition) is 4. The highest BCUT2D eigenvalue weighted by molar-refractivity contribution is 7.99. The van der Waals surface area contributed by atoms with E-state index in [9.17, 15) is 0 Å². The van der Waals surface area contributed by atoms with Crippen LogP contribution in [0.5, 0.6) is 0 Å². The van der Waals surface area contributed by atoms with Crippen LogP contribution in [0.4, 0.5) is 0 Å². The van der Waals surface area contributed by atoms with Crippen LogP contribution in [0.3, 0.4) is 0 Å². The van der Waals surface area contributed by atoms with E-state index in [0.717, 1.165) is 16.7 Å². The maximum absolute atomic E-state index is 5.76. The lowest BCUT2D eigenvalue weighted by molar-refractivity contribution is 0.712. The van der Waals surface area contributed by atoms with Crippen LogP contribution in [-0.2, 0) is 0 Å². The molecule has 0 bridgehead atoms. The summed E-state index contributed by atoms with van der Waals surface area (Å²) in [5.41, 5.74) is 0. The van der Waals surface area contributed by atoms with Gasteiger partial charge in [0.05, 0.1) is 0 Å². The molecule has 0 aliphatic heterocycles. The molecule has 5 heteroatoms. The van der Waals surface area contributed by atoms with Crippen LogP contribution in [0.1, 0.15) is 32.5 Å². The molecule has 1 heterocycles. The molecule has 1 aromatic heterocycles. The van der Waals surface area contributed by atoms with E-state index in [0.29, 0.717) is 5.92 Å². The minimum atomic E-state index is 0.328. The zero-order chi connectivity index (χ0) is 9.14. The van der Waals surface area contributed by atoms with Crippen molar-refractivity contribution in [3.8, 4) is 0 Å². The lowest BCUT2D eigenvalue weighted by atomic mass is 10.2. The van der Waals surface area contributed by atoms with E-state index in [1.54, 1.807) is 16.4 Å². The molecule has 0 aliphatic rings. The molecule has 12 heavy (non-hydrogen) atoms. The highest BCUT2D eigenvalue weighted by Crippen LogP contribution is 2.17. The normalized spacial score (nSPS) is 11.0. The van der Waals surface area contributed by atoms with Crippen molar-refractivity contribution >= 4 is 11.8 Å². The van der Waals surface area contributed by atoms with E-state index in [2.05, 4.69) is 17.1 Å². The van der Waals surface area contributed by atoms with Gasteiger partial charge in [-0.05, 0) is 5.75 Å². The van der Waals surface area contributed by atoms with E-state index in [1.807, 2.05) is 13.8 Å². The molecular weight excluding hydrogens is 172 g/mol. The Labute approximate surface area is 76.5 Å². The molecule has 0 saturated heterocycles. The van der Waals surface area contributed by atoms with Gasteiger partial charge in [-0.2, -0.15) is 0 Å². The van der Waals surface area contributed by atoms with Crippen LogP contribution in [-0.4, -0.2) is 20.6 Å². The second-order valence-corrected chi connectivity index (χ2v) is 4.03. The first-order valence-corrected chi connectivity index (χ1v) is 4.98. The van der Waals surface area contributed by atoms with E-state index in [1.165, 1.54) is 0 Å². The topological polar surface area (TPSA) is 56.7 Å². The number of thioether (sulfide) groups is 1. The van der Waals surface area contributed by atoms with Gasteiger partial charge in [-0.3, -0.25) is 0 Å². The summed E-state index contributed by atoms with van der Waals surface area (Å²) in [4.78, 5) is 0. The van der Waals surface area contributed by atoms with Gasteiger partial charge in [-0.25, -0.2) is 4.68 Å². The molecule has 0 radical (unpaired) electrons. The van der Waals surface area contributed by atoms with Crippen molar-refractivity contribution in [2.24, 2.45) is 0 Å². The van der Waals surface area contributed by atoms with Crippen LogP contribution in [0.25, 0.3) is 0 Å². The fourth-order valence-electron chi connectivity index (χ4n) is 0.910. The monoisotopic (exact) mass is 186 g/mol. The molecule has 0 saturated carbocycles. The quantitative estimate of drug-likeness (QED) is 0.569. The lowest BCUT2D eigenvalue weighted by Crippen LogP contribution is -2.14. The average molecular weight is 186 g/mol. The predicted molar refractivity (Wildman–Crippen MR) is 50.7 cm³/mol. The molecule has 0 atom stereocenters. The molecule has 0 aliphatic carbocycles. The average Bonchev–Trinajstić information content (AvgIpc) is 2.34. The largest absolute Gasteiger partial charge is 0.336 e. The van der Waals surface area contributed by atoms with Crippen molar-refractivity contribution in [3.05, 3.63) is 5.82 Å². The summed E-state index contributed by atoms with van der Waals surface area (Å²) in [6.45, 7) is 6.16. The first-order chi connectivity index (χ1) is 5.66. The van der Waals surface area contributed by atoms with E-state index in [4.69, 9.17) is 5.84 Å². The second kappa shape index (κ2) is 3.80. The molecule has 0 unspecified atom stereocenters. The fourth-order valence-corrected chi connectivity index (χ4v) is 1.50. The third-order valence-corrected chi connectivity index (χ3v) is 2.31. The number of aromatic nitrogens is 3. The van der Waals surface area contributed by atoms with Gasteiger partial charge in [0, 0.05) is 5.92 Å². The first kappa shape index (κ1) is 9.38. The highest BCUT2D eigenvalue weighted by atomic mass is 32.2. The summed E-state index contributed by atoms with van der Waals surface area (Å²) in [7, 11) is 0. The van der Waals surface area contributed by atoms with Gasteiger partial charge in [0.25, 0.3) is 0 Å². The smallest absolute Gasteiger partial charge is 0.209 e. The summed E-state index contributed by atoms with van der Waals surface area (Å²) >= 11 is 1.60. The van der Waals surface area contributed by atoms with Gasteiger partial charge in [-0.1, -0.05) is 32.5 Å². The number of nitrogens with two attached hydrogens (primary N) is 1. The molecule has 0 aromatic carbocycles. The maximum Gasteiger partial charge on any atom is 0.209 e. The Morgan fingerprint density at radius 2 is 2.17 bits per heavy atom. The molecule has 0 fully saturated rings. The Kier molecular flexibility index (Phi) is 2.97. The Balaban J connectivity index is 2.88. The number of hydrogen-bond donors (Lipinski definition) is 1. The third kappa shape index (κ3) is 1.72. The third-order valence-electron chi connectivity index (χ3n) is 1.48. The predicted octanol–water partition coefficient (Wildman–Crippen LogP) is 1.23. The van der Waals surface area contributed by atoms with Crippen LogP contribution in [0.2, 0.25) is 0 Å². The standard InChI is InChI=1S/C7H14N4S/c1-4-12-7-10-9-6(5(2)3)11(7)8/h5H,4,8H2,1-3H3. The van der Waals surface area contributed by atoms with Crippen molar-refractivity contribution in [2.45, 2.75) is 31.8 Å². The zero-order valence-corrected chi connectivity index (χ0v) is 8.43. The Morgan fingerprint density at radius 3 is 2.58 bits per heavy atom. The van der Waals surface area contributed by atoms with Gasteiger partial charge >= 0.3 is 0 Å². The van der Waals surface area contributed by atoms with Gasteiger partial charge in [0.15, 0.2) is 5.82 Å². The number of rotatable bonds is 3. The minimum absolute atomic E-state index is 0.328. The van der Waals surface area contributed by atoms with E-state index >= 15 is 0 Å². The minimum Gasteiger partial charge on any atom is -0.336 e. The molecule has 0 spiro atoms. The SMILES string of the molecule is CCSc1nnc(C(C)C)n1N. The first-order valence-electron chi connectivity index (χ1n) is 4.00. The molecule has 0 amide bonds. The van der Waals surface area contributed by atoms with Crippen molar-refractivity contribution in [2.75, 3.05) is 11.6 Å². The van der Waals surface area contributed by atoms with Crippen molar-refractivity contribution in [1.82, 2.24) is 14.9 Å². The summed E-state index contributed by atoms with van der Waals surface area (Å²) in [6, 6.07) is 0. The highest BCUT2D eigenvalue weighted by Gasteiger charge is 2.11. The summed E-state index contributed by atoms with van der Waals surface area (Å²) in [5.74, 6) is 7.89. The van der Waals surface area contributed by atoms with Crippen molar-refractivity contribution in [3.63, 3.8) is 0 Å². The summed E-state index contributed by atoms with van der Waals surface area (Å²) in [5, 5.41) is 8.77. The van der Waals surface area contributed by atoms with E-state index in [-0.39, 0.29) is 0 Å². The fraction of sp³-hybridized carbons (Fsp3) is 0.714. The molecule has 68 valence electrons. The lowest BCUT2D eigenvalue weighted by Gasteiger charge is -2.03. The zero-order valence-electron chi connectivity index (χ0n) is 7.61. The van der Waals surface area contributed by atoms with Gasteiger partial charge in [0.2, 0.25) is 5.16 Å². The van der Waals surface area contributed by atoms with Crippen LogP contribution in [0.15, 0.2) is 5.16 Å². The van der Waals surface area contributed by atoms with Gasteiger partial charge < -0.3 is 5.84 Å². The molecule has 1 aromatic rings. The van der Waals surface area contributed by atoms with Crippen molar-refractivity contribution < 1.29 is 0 Å². The van der Waals surface area contributed by atoms with Crippen LogP contribution >= 0.6 is 11.8 Å². The Hall–Kier alpha value is -0.710. The summed E-state index contributed by atoms with van der Waals surface area (Å²) in [6.07, 6.45) is 0. The van der Waals surface area contributed by atoms with Gasteiger partial charge in [-0.15, -0.1) is 10.2 Å². The van der Waals surface area contributed by atoms with Crippen LogP contribution in [0, 0.1) is 0 Å². The molecular formula is C7H14N4S. The maximum atomic E-state index is 5.76. The van der Waals surface area contributed by atoms with Crippen molar-refractivity contribution in [1.29, 1.82) is 0 Å². The van der Waals surface area contributed by atoms with E-state index < -0.39 is 0 Å². The van der Waals surface area contributed by atoms with Crippen LogP contribution < -0.4 is 5.84 Å². The van der Waals surface area contributed by atoms with Gasteiger partial charge in [0.1, 0.15) is 0 Å². The molecule has 1 rings (SSSR count). The summed E-state index contributed by atoms with van der Waals surface area (Å²) < 4.78 is 1.57. The Morgan fingerprint density at radius 1 is 1.50 bits per heavy atom. The molecule has 4 nitrogen and oxygen atoms in total. The second-order valence-electron chi connectivity index (χ2n) is 2.80. The number of nitrogen functional groups attached to an aromatic ring is 1.